The Hall–Kier alpha value is -0.770. The van der Waals surface area contributed by atoms with Gasteiger partial charge in [0.05, 0.1) is 0 Å². The molecule has 0 unspecified atom stereocenters. The summed E-state index contributed by atoms with van der Waals surface area (Å²) in [7, 11) is 0. The Balaban J connectivity index is 1.92. The minimum absolute atomic E-state index is 0.269. The summed E-state index contributed by atoms with van der Waals surface area (Å²) >= 11 is 5.93. The highest BCUT2D eigenvalue weighted by molar-refractivity contribution is 6.30. The maximum absolute atomic E-state index is 6.01. The molecule has 3 nitrogen and oxygen atoms in total. The zero-order valence-electron chi connectivity index (χ0n) is 12.1. The molecule has 0 aliphatic carbocycles. The highest BCUT2D eigenvalue weighted by Gasteiger charge is 2.25. The van der Waals surface area contributed by atoms with Crippen molar-refractivity contribution in [2.75, 3.05) is 31.9 Å². The average molecular weight is 282 g/mol. The summed E-state index contributed by atoms with van der Waals surface area (Å²) in [5.74, 6) is 0. The van der Waals surface area contributed by atoms with Gasteiger partial charge < -0.3 is 5.73 Å². The van der Waals surface area contributed by atoms with Gasteiger partial charge in [-0.2, -0.15) is 0 Å². The third-order valence-electron chi connectivity index (χ3n) is 3.82. The maximum Gasteiger partial charge on any atom is 0.0426 e. The van der Waals surface area contributed by atoms with Crippen molar-refractivity contribution in [2.45, 2.75) is 32.9 Å². The Kier molecular flexibility index (Phi) is 4.39. The highest BCUT2D eigenvalue weighted by atomic mass is 35.5. The molecule has 0 atom stereocenters. The molecule has 0 spiro atoms. The van der Waals surface area contributed by atoms with Crippen LogP contribution in [0.4, 0.5) is 5.69 Å². The van der Waals surface area contributed by atoms with Crippen LogP contribution in [0.25, 0.3) is 0 Å². The molecule has 4 heteroatoms. The molecule has 0 bridgehead atoms. The van der Waals surface area contributed by atoms with Crippen LogP contribution in [-0.4, -0.2) is 41.5 Å². The van der Waals surface area contributed by atoms with E-state index in [2.05, 4.69) is 30.6 Å². The molecule has 1 aliphatic heterocycles. The lowest BCUT2D eigenvalue weighted by atomic mass is 10.0. The van der Waals surface area contributed by atoms with Gasteiger partial charge in [0.2, 0.25) is 0 Å². The predicted molar refractivity (Wildman–Crippen MR) is 82.5 cm³/mol. The summed E-state index contributed by atoms with van der Waals surface area (Å²) in [6.45, 7) is 12.2. The third kappa shape index (κ3) is 3.85. The summed E-state index contributed by atoms with van der Waals surface area (Å²) in [6.07, 6.45) is 0. The topological polar surface area (TPSA) is 32.5 Å². The average Bonchev–Trinajstić information content (AvgIpc) is 2.32. The molecule has 106 valence electrons. The van der Waals surface area contributed by atoms with Crippen LogP contribution in [0.1, 0.15) is 26.3 Å². The number of hydrogen-bond donors (Lipinski definition) is 1. The second kappa shape index (κ2) is 5.70. The van der Waals surface area contributed by atoms with Gasteiger partial charge in [-0.05, 0) is 38.5 Å². The molecule has 2 N–H and O–H groups in total. The molecule has 0 saturated carbocycles. The van der Waals surface area contributed by atoms with Gasteiger partial charge in [0.1, 0.15) is 0 Å². The summed E-state index contributed by atoms with van der Waals surface area (Å²) in [5, 5.41) is 0.707. The lowest BCUT2D eigenvalue weighted by Gasteiger charge is -2.42. The van der Waals surface area contributed by atoms with Gasteiger partial charge in [0, 0.05) is 49.0 Å². The van der Waals surface area contributed by atoms with Gasteiger partial charge in [-0.3, -0.25) is 9.80 Å². The molecule has 1 aliphatic rings. The Bertz CT molecular complexity index is 432. The van der Waals surface area contributed by atoms with Crippen molar-refractivity contribution in [3.63, 3.8) is 0 Å². The molecule has 1 saturated heterocycles. The number of hydrogen-bond acceptors (Lipinski definition) is 3. The molecule has 1 fully saturated rings. The van der Waals surface area contributed by atoms with Gasteiger partial charge >= 0.3 is 0 Å². The lowest BCUT2D eigenvalue weighted by molar-refractivity contribution is 0.0592. The van der Waals surface area contributed by atoms with Crippen LogP contribution >= 0.6 is 11.6 Å². The first kappa shape index (κ1) is 14.6. The van der Waals surface area contributed by atoms with E-state index in [1.807, 2.05) is 18.2 Å². The van der Waals surface area contributed by atoms with E-state index in [9.17, 15) is 0 Å². The van der Waals surface area contributed by atoms with Crippen LogP contribution in [0.15, 0.2) is 18.2 Å². The lowest BCUT2D eigenvalue weighted by Crippen LogP contribution is -2.53. The Morgan fingerprint density at radius 2 is 1.79 bits per heavy atom. The number of nitrogens with two attached hydrogens (primary N) is 1. The molecular weight excluding hydrogens is 258 g/mol. The second-order valence-corrected chi connectivity index (χ2v) is 6.71. The van der Waals surface area contributed by atoms with E-state index >= 15 is 0 Å². The molecule has 2 rings (SSSR count). The molecular formula is C15H24ClN3. The van der Waals surface area contributed by atoms with Crippen LogP contribution in [-0.2, 0) is 6.54 Å². The number of nitrogens with zero attached hydrogens (tertiary/aromatic N) is 2. The van der Waals surface area contributed by atoms with Crippen molar-refractivity contribution in [2.24, 2.45) is 0 Å². The SMILES string of the molecule is CC(C)(C)N1CCN(Cc2ccc(Cl)cc2N)CC1. The number of benzene rings is 1. The molecule has 1 aromatic rings. The first-order chi connectivity index (χ1) is 8.86. The summed E-state index contributed by atoms with van der Waals surface area (Å²) in [4.78, 5) is 5.00. The van der Waals surface area contributed by atoms with Crippen molar-refractivity contribution in [3.8, 4) is 0 Å². The van der Waals surface area contributed by atoms with Gasteiger partial charge in [-0.25, -0.2) is 0 Å². The van der Waals surface area contributed by atoms with Gasteiger partial charge in [-0.1, -0.05) is 17.7 Å². The molecule has 0 aromatic heterocycles. The van der Waals surface area contributed by atoms with Crippen molar-refractivity contribution >= 4 is 17.3 Å². The minimum Gasteiger partial charge on any atom is -0.398 e. The zero-order chi connectivity index (χ0) is 14.0. The molecule has 1 aromatic carbocycles. The summed E-state index contributed by atoms with van der Waals surface area (Å²) < 4.78 is 0. The molecule has 0 radical (unpaired) electrons. The Labute approximate surface area is 121 Å². The van der Waals surface area contributed by atoms with E-state index in [4.69, 9.17) is 17.3 Å². The van der Waals surface area contributed by atoms with Crippen molar-refractivity contribution in [1.82, 2.24) is 9.80 Å². The van der Waals surface area contributed by atoms with E-state index in [0.29, 0.717) is 5.02 Å². The standard InChI is InChI=1S/C15H24ClN3/c1-15(2,3)19-8-6-18(7-9-19)11-12-4-5-13(16)10-14(12)17/h4-5,10H,6-9,11,17H2,1-3H3. The molecule has 1 heterocycles. The summed E-state index contributed by atoms with van der Waals surface area (Å²) in [5.41, 5.74) is 8.25. The largest absolute Gasteiger partial charge is 0.398 e. The molecule has 0 amide bonds. The monoisotopic (exact) mass is 281 g/mol. The maximum atomic E-state index is 6.01. The fourth-order valence-electron chi connectivity index (χ4n) is 2.53. The fourth-order valence-corrected chi connectivity index (χ4v) is 2.71. The van der Waals surface area contributed by atoms with Gasteiger partial charge in [0.15, 0.2) is 0 Å². The number of rotatable bonds is 2. The highest BCUT2D eigenvalue weighted by Crippen LogP contribution is 2.21. The summed E-state index contributed by atoms with van der Waals surface area (Å²) in [6, 6.07) is 5.79. The zero-order valence-corrected chi connectivity index (χ0v) is 12.9. The van der Waals surface area contributed by atoms with Gasteiger partial charge in [0.25, 0.3) is 0 Å². The number of halogens is 1. The first-order valence-electron chi connectivity index (χ1n) is 6.87. The number of anilines is 1. The van der Waals surface area contributed by atoms with E-state index < -0.39 is 0 Å². The van der Waals surface area contributed by atoms with Crippen molar-refractivity contribution in [3.05, 3.63) is 28.8 Å². The number of piperazine rings is 1. The third-order valence-corrected chi connectivity index (χ3v) is 4.06. The predicted octanol–water partition coefficient (Wildman–Crippen LogP) is 2.84. The van der Waals surface area contributed by atoms with E-state index in [0.717, 1.165) is 38.4 Å². The van der Waals surface area contributed by atoms with E-state index in [-0.39, 0.29) is 5.54 Å². The smallest absolute Gasteiger partial charge is 0.0426 e. The van der Waals surface area contributed by atoms with E-state index in [1.54, 1.807) is 0 Å². The van der Waals surface area contributed by atoms with E-state index in [1.165, 1.54) is 5.56 Å². The van der Waals surface area contributed by atoms with Crippen LogP contribution in [0.5, 0.6) is 0 Å². The quantitative estimate of drug-likeness (QED) is 0.846. The van der Waals surface area contributed by atoms with Crippen LogP contribution in [0.3, 0.4) is 0 Å². The van der Waals surface area contributed by atoms with Crippen LogP contribution in [0.2, 0.25) is 5.02 Å². The van der Waals surface area contributed by atoms with Crippen LogP contribution < -0.4 is 5.73 Å². The minimum atomic E-state index is 0.269. The fraction of sp³-hybridized carbons (Fsp3) is 0.600. The number of nitrogen functional groups attached to an aromatic ring is 1. The first-order valence-corrected chi connectivity index (χ1v) is 7.25. The van der Waals surface area contributed by atoms with Crippen LogP contribution in [0, 0.1) is 0 Å². The Morgan fingerprint density at radius 1 is 1.16 bits per heavy atom. The van der Waals surface area contributed by atoms with Gasteiger partial charge in [-0.15, -0.1) is 0 Å². The molecule has 19 heavy (non-hydrogen) atoms. The normalized spacial score (nSPS) is 18.7. The van der Waals surface area contributed by atoms with Crippen molar-refractivity contribution in [1.29, 1.82) is 0 Å². The van der Waals surface area contributed by atoms with Crippen molar-refractivity contribution < 1.29 is 0 Å². The second-order valence-electron chi connectivity index (χ2n) is 6.28. The Morgan fingerprint density at radius 3 is 2.32 bits per heavy atom.